The van der Waals surface area contributed by atoms with Gasteiger partial charge in [-0.2, -0.15) is 13.2 Å². The van der Waals surface area contributed by atoms with E-state index in [9.17, 15) is 21.6 Å². The molecule has 0 bridgehead atoms. The summed E-state index contributed by atoms with van der Waals surface area (Å²) in [4.78, 5) is 3.67. The van der Waals surface area contributed by atoms with Crippen molar-refractivity contribution in [3.63, 3.8) is 0 Å². The molecule has 0 aromatic rings. The Kier molecular flexibility index (Phi) is 5.38. The first-order valence-electron chi connectivity index (χ1n) is 5.61. The average molecular weight is 290 g/mol. The topological polar surface area (TPSA) is 60.9 Å². The Hall–Kier alpha value is -0.380. The van der Waals surface area contributed by atoms with Crippen molar-refractivity contribution in [3.05, 3.63) is 0 Å². The van der Waals surface area contributed by atoms with Crippen LogP contribution in [0.1, 0.15) is 0 Å². The van der Waals surface area contributed by atoms with Crippen molar-refractivity contribution in [3.8, 4) is 0 Å². The lowest BCUT2D eigenvalue weighted by atomic mass is 10.3. The fourth-order valence-electron chi connectivity index (χ4n) is 1.74. The van der Waals surface area contributed by atoms with Gasteiger partial charge in [0, 0.05) is 39.3 Å². The number of nitrogens with zero attached hydrogens (tertiary/aromatic N) is 2. The monoisotopic (exact) mass is 290 g/mol. The van der Waals surface area contributed by atoms with E-state index in [0.717, 1.165) is 0 Å². The third-order valence-corrected chi connectivity index (χ3v) is 4.34. The molecule has 1 saturated heterocycles. The van der Waals surface area contributed by atoms with Crippen LogP contribution in [0.2, 0.25) is 0 Å². The molecule has 0 spiro atoms. The molecule has 9 heteroatoms. The van der Waals surface area contributed by atoms with Gasteiger partial charge in [-0.25, -0.2) is 8.42 Å². The van der Waals surface area contributed by atoms with Crippen molar-refractivity contribution in [1.82, 2.24) is 9.80 Å². The zero-order valence-electron chi connectivity index (χ0n) is 9.86. The van der Waals surface area contributed by atoms with Crippen molar-refractivity contribution in [2.75, 3.05) is 51.6 Å². The van der Waals surface area contributed by atoms with Crippen molar-refractivity contribution < 1.29 is 26.7 Å². The van der Waals surface area contributed by atoms with E-state index >= 15 is 0 Å². The lowest BCUT2D eigenvalue weighted by Gasteiger charge is -2.34. The first kappa shape index (κ1) is 15.7. The normalized spacial score (nSPS) is 20.2. The highest BCUT2D eigenvalue weighted by Crippen LogP contribution is 2.23. The Morgan fingerprint density at radius 3 is 1.83 bits per heavy atom. The van der Waals surface area contributed by atoms with Crippen molar-refractivity contribution >= 4 is 9.84 Å². The summed E-state index contributed by atoms with van der Waals surface area (Å²) in [5.74, 6) is -0.892. The quantitative estimate of drug-likeness (QED) is 0.742. The van der Waals surface area contributed by atoms with Crippen LogP contribution < -0.4 is 0 Å². The Balaban J connectivity index is 2.35. The molecule has 1 aliphatic heterocycles. The van der Waals surface area contributed by atoms with Gasteiger partial charge in [0.15, 0.2) is 0 Å². The second-order valence-corrected chi connectivity index (χ2v) is 6.27. The van der Waals surface area contributed by atoms with E-state index in [1.165, 1.54) is 0 Å². The lowest BCUT2D eigenvalue weighted by Crippen LogP contribution is -2.48. The molecule has 18 heavy (non-hydrogen) atoms. The van der Waals surface area contributed by atoms with Crippen LogP contribution in [0.3, 0.4) is 0 Å². The molecule has 1 aliphatic rings. The predicted molar refractivity (Wildman–Crippen MR) is 59.8 cm³/mol. The summed E-state index contributed by atoms with van der Waals surface area (Å²) in [7, 11) is -5.02. The molecule has 1 heterocycles. The van der Waals surface area contributed by atoms with Crippen LogP contribution in [0, 0.1) is 0 Å². The highest BCUT2D eigenvalue weighted by molar-refractivity contribution is 7.92. The Labute approximate surface area is 104 Å². The number of aliphatic hydroxyl groups excluding tert-OH is 1. The van der Waals surface area contributed by atoms with Crippen LogP contribution in [0.25, 0.3) is 0 Å². The number of halogens is 3. The highest BCUT2D eigenvalue weighted by atomic mass is 32.2. The van der Waals surface area contributed by atoms with Gasteiger partial charge in [0.1, 0.15) is 0 Å². The summed E-state index contributed by atoms with van der Waals surface area (Å²) in [6, 6.07) is 0. The molecular weight excluding hydrogens is 273 g/mol. The van der Waals surface area contributed by atoms with Crippen LogP contribution in [0.5, 0.6) is 0 Å². The van der Waals surface area contributed by atoms with Gasteiger partial charge in [-0.15, -0.1) is 0 Å². The first-order valence-corrected chi connectivity index (χ1v) is 7.26. The van der Waals surface area contributed by atoms with Gasteiger partial charge >= 0.3 is 5.51 Å². The van der Waals surface area contributed by atoms with E-state index < -0.39 is 21.1 Å². The molecule has 1 fully saturated rings. The number of hydrogen-bond acceptors (Lipinski definition) is 5. The van der Waals surface area contributed by atoms with Crippen molar-refractivity contribution in [2.24, 2.45) is 0 Å². The molecule has 0 unspecified atom stereocenters. The summed E-state index contributed by atoms with van der Waals surface area (Å²) in [6.07, 6.45) is 0. The minimum Gasteiger partial charge on any atom is -0.395 e. The molecular formula is C9H17F3N2O3S. The number of rotatable bonds is 5. The third-order valence-electron chi connectivity index (χ3n) is 2.91. The summed E-state index contributed by atoms with van der Waals surface area (Å²) >= 11 is 0. The Morgan fingerprint density at radius 1 is 1.00 bits per heavy atom. The summed E-state index contributed by atoms with van der Waals surface area (Å²) in [5.41, 5.74) is -5.16. The molecule has 0 aromatic heterocycles. The maximum atomic E-state index is 12.1. The third kappa shape index (κ3) is 4.38. The highest BCUT2D eigenvalue weighted by Gasteiger charge is 2.45. The SMILES string of the molecule is O=S(=O)(CCN1CCN(CCO)CC1)C(F)(F)F. The minimum atomic E-state index is -5.16. The molecule has 108 valence electrons. The molecule has 0 aliphatic carbocycles. The Morgan fingerprint density at radius 2 is 1.44 bits per heavy atom. The molecule has 5 nitrogen and oxygen atoms in total. The van der Waals surface area contributed by atoms with Crippen molar-refractivity contribution in [2.45, 2.75) is 5.51 Å². The molecule has 1 rings (SSSR count). The minimum absolute atomic E-state index is 0.0441. The standard InChI is InChI=1S/C9H17F3N2O3S/c10-9(11,12)18(16,17)8-6-14-3-1-13(2-4-14)5-7-15/h15H,1-8H2. The number of piperazine rings is 1. The van der Waals surface area contributed by atoms with E-state index in [1.54, 1.807) is 4.90 Å². The van der Waals surface area contributed by atoms with Crippen LogP contribution in [0.15, 0.2) is 0 Å². The zero-order chi connectivity index (χ0) is 13.8. The summed E-state index contributed by atoms with van der Waals surface area (Å²) < 4.78 is 58.1. The first-order chi connectivity index (χ1) is 8.26. The van der Waals surface area contributed by atoms with Crippen LogP contribution in [-0.2, 0) is 9.84 Å². The average Bonchev–Trinajstić information content (AvgIpc) is 2.27. The van der Waals surface area contributed by atoms with E-state index in [0.29, 0.717) is 32.7 Å². The van der Waals surface area contributed by atoms with Gasteiger partial charge in [0.2, 0.25) is 9.84 Å². The van der Waals surface area contributed by atoms with E-state index in [4.69, 9.17) is 5.11 Å². The largest absolute Gasteiger partial charge is 0.497 e. The Bertz CT molecular complexity index is 351. The summed E-state index contributed by atoms with van der Waals surface area (Å²) in [6.45, 7) is 2.78. The second kappa shape index (κ2) is 6.18. The molecule has 0 amide bonds. The molecule has 0 radical (unpaired) electrons. The second-order valence-electron chi connectivity index (χ2n) is 4.17. The fraction of sp³-hybridized carbons (Fsp3) is 1.00. The molecule has 0 atom stereocenters. The van der Waals surface area contributed by atoms with Crippen molar-refractivity contribution in [1.29, 1.82) is 0 Å². The number of hydrogen-bond donors (Lipinski definition) is 1. The smallest absolute Gasteiger partial charge is 0.395 e. The zero-order valence-corrected chi connectivity index (χ0v) is 10.7. The van der Waals surface area contributed by atoms with Crippen LogP contribution in [-0.4, -0.2) is 80.5 Å². The van der Waals surface area contributed by atoms with Crippen LogP contribution in [0.4, 0.5) is 13.2 Å². The summed E-state index contributed by atoms with van der Waals surface area (Å²) in [5, 5.41) is 8.72. The van der Waals surface area contributed by atoms with Gasteiger partial charge in [-0.3, -0.25) is 9.80 Å². The fourth-order valence-corrected chi connectivity index (χ4v) is 2.47. The van der Waals surface area contributed by atoms with Gasteiger partial charge in [-0.05, 0) is 0 Å². The predicted octanol–water partition coefficient (Wildman–Crippen LogP) is -0.469. The maximum absolute atomic E-state index is 12.1. The van der Waals surface area contributed by atoms with Gasteiger partial charge in [-0.1, -0.05) is 0 Å². The molecule has 1 N–H and O–H groups in total. The molecule has 0 saturated carbocycles. The van der Waals surface area contributed by atoms with E-state index in [2.05, 4.69) is 0 Å². The van der Waals surface area contributed by atoms with Gasteiger partial charge in [0.05, 0.1) is 12.4 Å². The molecule has 0 aromatic carbocycles. The van der Waals surface area contributed by atoms with Crippen LogP contribution >= 0.6 is 0 Å². The van der Waals surface area contributed by atoms with E-state index in [1.807, 2.05) is 4.90 Å². The maximum Gasteiger partial charge on any atom is 0.497 e. The number of β-amino-alcohol motifs (C(OH)–C–C–N with tert-alkyl or cyclic N) is 1. The lowest BCUT2D eigenvalue weighted by molar-refractivity contribution is -0.0437. The number of sulfone groups is 1. The van der Waals surface area contributed by atoms with Gasteiger partial charge < -0.3 is 5.11 Å². The number of alkyl halides is 3. The van der Waals surface area contributed by atoms with E-state index in [-0.39, 0.29) is 13.2 Å². The number of aliphatic hydroxyl groups is 1. The van der Waals surface area contributed by atoms with Gasteiger partial charge in [0.25, 0.3) is 0 Å².